The first-order chi connectivity index (χ1) is 11.8. The zero-order valence-corrected chi connectivity index (χ0v) is 13.8. The van der Waals surface area contributed by atoms with Gasteiger partial charge in [-0.1, -0.05) is 12.1 Å². The van der Waals surface area contributed by atoms with Crippen molar-refractivity contribution in [3.8, 4) is 5.75 Å². The number of β-amino-alcohol motifs (C(OH)–C–C–N with tert-alkyl or cyclic N) is 1. The first-order valence-corrected chi connectivity index (χ1v) is 8.61. The highest BCUT2D eigenvalue weighted by molar-refractivity contribution is 5.41. The molecule has 2 aromatic rings. The number of fused-ring (bicyclic) bond motifs is 1. The number of piperazine rings is 1. The lowest BCUT2D eigenvalue weighted by atomic mass is 10.0. The van der Waals surface area contributed by atoms with Gasteiger partial charge < -0.3 is 14.7 Å². The highest BCUT2D eigenvalue weighted by Gasteiger charge is 2.21. The van der Waals surface area contributed by atoms with E-state index in [1.54, 1.807) is 0 Å². The third-order valence-electron chi connectivity index (χ3n) is 4.87. The molecule has 0 radical (unpaired) electrons. The van der Waals surface area contributed by atoms with Crippen LogP contribution in [0, 0.1) is 0 Å². The molecule has 0 saturated carbocycles. The van der Waals surface area contributed by atoms with Gasteiger partial charge in [-0.05, 0) is 35.4 Å². The van der Waals surface area contributed by atoms with E-state index in [2.05, 4.69) is 26.9 Å². The van der Waals surface area contributed by atoms with Gasteiger partial charge in [0, 0.05) is 45.3 Å². The van der Waals surface area contributed by atoms with Crippen molar-refractivity contribution in [3.63, 3.8) is 0 Å². The Morgan fingerprint density at radius 3 is 2.79 bits per heavy atom. The summed E-state index contributed by atoms with van der Waals surface area (Å²) in [5.41, 5.74) is 2.21. The number of aliphatic hydroxyl groups is 1. The number of hydrogen-bond acceptors (Lipinski definition) is 5. The summed E-state index contributed by atoms with van der Waals surface area (Å²) in [6, 6.07) is 12.1. The molecule has 2 aliphatic heterocycles. The van der Waals surface area contributed by atoms with Crippen LogP contribution in [0.5, 0.6) is 5.75 Å². The van der Waals surface area contributed by atoms with Crippen LogP contribution in [0.1, 0.15) is 17.2 Å². The smallest absolute Gasteiger partial charge is 0.128 e. The number of nitrogens with zero attached hydrogens (tertiary/aromatic N) is 3. The Bertz CT molecular complexity index is 684. The third-order valence-corrected chi connectivity index (χ3v) is 4.87. The molecule has 1 aromatic heterocycles. The molecular formula is C19H23N3O2. The number of hydrogen-bond donors (Lipinski definition) is 1. The minimum Gasteiger partial charge on any atom is -0.493 e. The molecule has 126 valence electrons. The van der Waals surface area contributed by atoms with Crippen LogP contribution in [0.15, 0.2) is 42.6 Å². The normalized spacial score (nSPS) is 19.0. The third kappa shape index (κ3) is 3.23. The zero-order chi connectivity index (χ0) is 16.4. The van der Waals surface area contributed by atoms with Crippen molar-refractivity contribution >= 4 is 5.82 Å². The van der Waals surface area contributed by atoms with Crippen LogP contribution in [-0.4, -0.2) is 54.3 Å². The summed E-state index contributed by atoms with van der Waals surface area (Å²) >= 11 is 0. The molecule has 0 aliphatic carbocycles. The van der Waals surface area contributed by atoms with E-state index in [9.17, 15) is 5.11 Å². The molecule has 5 heteroatoms. The molecule has 24 heavy (non-hydrogen) atoms. The number of aliphatic hydroxyl groups excluding tert-OH is 1. The van der Waals surface area contributed by atoms with Gasteiger partial charge >= 0.3 is 0 Å². The Hall–Kier alpha value is -2.11. The molecule has 1 atom stereocenters. The molecule has 3 heterocycles. The fourth-order valence-corrected chi connectivity index (χ4v) is 3.46. The van der Waals surface area contributed by atoms with E-state index >= 15 is 0 Å². The van der Waals surface area contributed by atoms with Gasteiger partial charge in [0.2, 0.25) is 0 Å². The lowest BCUT2D eigenvalue weighted by Crippen LogP contribution is -2.47. The van der Waals surface area contributed by atoms with E-state index in [1.807, 2.05) is 30.5 Å². The number of rotatable bonds is 4. The zero-order valence-electron chi connectivity index (χ0n) is 13.8. The molecule has 0 bridgehead atoms. The predicted octanol–water partition coefficient (Wildman–Crippen LogP) is 1.87. The van der Waals surface area contributed by atoms with Crippen LogP contribution >= 0.6 is 0 Å². The number of ether oxygens (including phenoxy) is 1. The molecule has 0 amide bonds. The van der Waals surface area contributed by atoms with E-state index in [0.29, 0.717) is 6.54 Å². The first kappa shape index (κ1) is 15.4. The maximum atomic E-state index is 10.6. The maximum Gasteiger partial charge on any atom is 0.128 e. The molecule has 1 unspecified atom stereocenters. The molecule has 1 saturated heterocycles. The Morgan fingerprint density at radius 1 is 1.12 bits per heavy atom. The average Bonchev–Trinajstić information content (AvgIpc) is 3.11. The fourth-order valence-electron chi connectivity index (χ4n) is 3.46. The molecular weight excluding hydrogens is 302 g/mol. The van der Waals surface area contributed by atoms with Crippen LogP contribution < -0.4 is 9.64 Å². The minimum atomic E-state index is -0.447. The average molecular weight is 325 g/mol. The second-order valence-electron chi connectivity index (χ2n) is 6.46. The Balaban J connectivity index is 1.33. The van der Waals surface area contributed by atoms with Gasteiger partial charge in [-0.3, -0.25) is 4.90 Å². The van der Waals surface area contributed by atoms with Crippen molar-refractivity contribution in [1.82, 2.24) is 9.88 Å². The quantitative estimate of drug-likeness (QED) is 0.930. The Kier molecular flexibility index (Phi) is 4.36. The van der Waals surface area contributed by atoms with Gasteiger partial charge in [0.05, 0.1) is 12.7 Å². The number of anilines is 1. The summed E-state index contributed by atoms with van der Waals surface area (Å²) in [5.74, 6) is 2.01. The summed E-state index contributed by atoms with van der Waals surface area (Å²) in [7, 11) is 0. The molecule has 2 aliphatic rings. The van der Waals surface area contributed by atoms with E-state index in [4.69, 9.17) is 4.74 Å². The predicted molar refractivity (Wildman–Crippen MR) is 93.5 cm³/mol. The second-order valence-corrected chi connectivity index (χ2v) is 6.46. The van der Waals surface area contributed by atoms with Crippen LogP contribution in [0.2, 0.25) is 0 Å². The Morgan fingerprint density at radius 2 is 2.00 bits per heavy atom. The molecule has 1 aromatic carbocycles. The van der Waals surface area contributed by atoms with Crippen LogP contribution in [0.3, 0.4) is 0 Å². The van der Waals surface area contributed by atoms with E-state index in [-0.39, 0.29) is 0 Å². The largest absolute Gasteiger partial charge is 0.493 e. The molecule has 5 nitrogen and oxygen atoms in total. The summed E-state index contributed by atoms with van der Waals surface area (Å²) in [5, 5.41) is 10.6. The summed E-state index contributed by atoms with van der Waals surface area (Å²) in [4.78, 5) is 9.04. The van der Waals surface area contributed by atoms with Gasteiger partial charge in [0.25, 0.3) is 0 Å². The van der Waals surface area contributed by atoms with Crippen LogP contribution in [-0.2, 0) is 6.42 Å². The summed E-state index contributed by atoms with van der Waals surface area (Å²) < 4.78 is 5.53. The topological polar surface area (TPSA) is 48.8 Å². The van der Waals surface area contributed by atoms with Gasteiger partial charge in [-0.2, -0.15) is 0 Å². The lowest BCUT2D eigenvalue weighted by Gasteiger charge is -2.36. The minimum absolute atomic E-state index is 0.447. The fraction of sp³-hybridized carbons (Fsp3) is 0.421. The maximum absolute atomic E-state index is 10.6. The summed E-state index contributed by atoms with van der Waals surface area (Å²) in [6.45, 7) is 5.22. The number of benzene rings is 1. The van der Waals surface area contributed by atoms with Gasteiger partial charge in [0.1, 0.15) is 11.6 Å². The van der Waals surface area contributed by atoms with Gasteiger partial charge in [-0.15, -0.1) is 0 Å². The standard InChI is InChI=1S/C19H23N3O2/c23-17(15-4-5-18-16(13-15)6-12-24-18)14-21-8-10-22(11-9-21)19-3-1-2-7-20-19/h1-5,7,13,17,23H,6,8-12,14H2. The lowest BCUT2D eigenvalue weighted by molar-refractivity contribution is 0.109. The van der Waals surface area contributed by atoms with Crippen LogP contribution in [0.4, 0.5) is 5.82 Å². The van der Waals surface area contributed by atoms with Crippen molar-refractivity contribution in [2.45, 2.75) is 12.5 Å². The highest BCUT2D eigenvalue weighted by Crippen LogP contribution is 2.28. The summed E-state index contributed by atoms with van der Waals surface area (Å²) in [6.07, 6.45) is 2.33. The number of pyridine rings is 1. The first-order valence-electron chi connectivity index (χ1n) is 8.61. The number of aromatic nitrogens is 1. The van der Waals surface area contributed by atoms with Crippen molar-refractivity contribution < 1.29 is 9.84 Å². The van der Waals surface area contributed by atoms with E-state index in [1.165, 1.54) is 5.56 Å². The van der Waals surface area contributed by atoms with Gasteiger partial charge in [0.15, 0.2) is 0 Å². The van der Waals surface area contributed by atoms with Crippen molar-refractivity contribution in [3.05, 3.63) is 53.7 Å². The second kappa shape index (κ2) is 6.79. The molecule has 0 spiro atoms. The van der Waals surface area contributed by atoms with E-state index in [0.717, 1.165) is 56.3 Å². The monoisotopic (exact) mass is 325 g/mol. The van der Waals surface area contributed by atoms with Crippen LogP contribution in [0.25, 0.3) is 0 Å². The molecule has 1 N–H and O–H groups in total. The van der Waals surface area contributed by atoms with Crippen molar-refractivity contribution in [2.24, 2.45) is 0 Å². The molecule has 4 rings (SSSR count). The SMILES string of the molecule is OC(CN1CCN(c2ccccn2)CC1)c1ccc2c(c1)CCO2. The van der Waals surface area contributed by atoms with E-state index < -0.39 is 6.10 Å². The Labute approximate surface area is 142 Å². The van der Waals surface area contributed by atoms with Crippen molar-refractivity contribution in [1.29, 1.82) is 0 Å². The highest BCUT2D eigenvalue weighted by atomic mass is 16.5. The van der Waals surface area contributed by atoms with Crippen molar-refractivity contribution in [2.75, 3.05) is 44.2 Å². The molecule has 1 fully saturated rings. The van der Waals surface area contributed by atoms with Gasteiger partial charge in [-0.25, -0.2) is 4.98 Å².